The van der Waals surface area contributed by atoms with E-state index in [1.54, 1.807) is 21.3 Å². The summed E-state index contributed by atoms with van der Waals surface area (Å²) < 4.78 is 16.8. The van der Waals surface area contributed by atoms with E-state index in [1.165, 1.54) is 16.7 Å². The lowest BCUT2D eigenvalue weighted by molar-refractivity contribution is 0.0516. The zero-order chi connectivity index (χ0) is 17.6. The first-order valence-corrected chi connectivity index (χ1v) is 9.08. The number of benzene rings is 1. The van der Waals surface area contributed by atoms with Crippen LogP contribution in [0.15, 0.2) is 35.8 Å². The summed E-state index contributed by atoms with van der Waals surface area (Å²) in [7, 11) is 5.24. The van der Waals surface area contributed by atoms with Crippen molar-refractivity contribution in [2.75, 3.05) is 34.4 Å². The van der Waals surface area contributed by atoms with Crippen molar-refractivity contribution in [2.45, 2.75) is 25.8 Å². The molecule has 3 aliphatic rings. The predicted octanol–water partition coefficient (Wildman–Crippen LogP) is 3.61. The van der Waals surface area contributed by atoms with Gasteiger partial charge in [-0.25, -0.2) is 0 Å². The van der Waals surface area contributed by atoms with Crippen LogP contribution in [0.5, 0.6) is 5.75 Å². The fraction of sp³-hybridized carbons (Fsp3) is 0.524. The maximum atomic E-state index is 5.72. The molecular formula is C21H27NO3. The van der Waals surface area contributed by atoms with Crippen LogP contribution in [0.2, 0.25) is 0 Å². The Morgan fingerprint density at radius 1 is 1.08 bits per heavy atom. The van der Waals surface area contributed by atoms with Crippen molar-refractivity contribution >= 4 is 0 Å². The molecule has 2 aliphatic heterocycles. The molecule has 25 heavy (non-hydrogen) atoms. The average molecular weight is 341 g/mol. The van der Waals surface area contributed by atoms with Gasteiger partial charge in [0, 0.05) is 25.0 Å². The zero-order valence-corrected chi connectivity index (χ0v) is 15.5. The number of hydrogen-bond donors (Lipinski definition) is 0. The lowest BCUT2D eigenvalue weighted by Crippen LogP contribution is -2.47. The van der Waals surface area contributed by atoms with Crippen molar-refractivity contribution in [3.63, 3.8) is 0 Å². The topological polar surface area (TPSA) is 30.9 Å². The highest BCUT2D eigenvalue weighted by Crippen LogP contribution is 2.46. The Hall–Kier alpha value is -1.94. The first-order chi connectivity index (χ1) is 12.2. The molecule has 0 bridgehead atoms. The highest BCUT2D eigenvalue weighted by molar-refractivity contribution is 5.45. The molecule has 1 saturated heterocycles. The van der Waals surface area contributed by atoms with Gasteiger partial charge in [-0.05, 0) is 54.5 Å². The largest absolute Gasteiger partial charge is 0.497 e. The summed E-state index contributed by atoms with van der Waals surface area (Å²) in [5.41, 5.74) is 4.16. The summed E-state index contributed by atoms with van der Waals surface area (Å²) >= 11 is 0. The van der Waals surface area contributed by atoms with Crippen molar-refractivity contribution in [3.8, 4) is 5.75 Å². The van der Waals surface area contributed by atoms with E-state index in [2.05, 4.69) is 36.1 Å². The van der Waals surface area contributed by atoms with E-state index < -0.39 is 0 Å². The van der Waals surface area contributed by atoms with E-state index in [9.17, 15) is 0 Å². The smallest absolute Gasteiger partial charge is 0.156 e. The quantitative estimate of drug-likeness (QED) is 0.840. The highest BCUT2D eigenvalue weighted by Gasteiger charge is 2.42. The summed E-state index contributed by atoms with van der Waals surface area (Å²) in [6, 6.07) is 5.05. The molecule has 1 fully saturated rings. The minimum Gasteiger partial charge on any atom is -0.497 e. The van der Waals surface area contributed by atoms with Gasteiger partial charge in [0.05, 0.1) is 21.3 Å². The van der Waals surface area contributed by atoms with Crippen LogP contribution in [0, 0.1) is 18.8 Å². The summed E-state index contributed by atoms with van der Waals surface area (Å²) in [5, 5.41) is 0. The lowest BCUT2D eigenvalue weighted by Gasteiger charge is -2.47. The van der Waals surface area contributed by atoms with Crippen molar-refractivity contribution in [1.82, 2.24) is 4.90 Å². The van der Waals surface area contributed by atoms with Crippen molar-refractivity contribution in [3.05, 3.63) is 52.5 Å². The maximum Gasteiger partial charge on any atom is 0.156 e. The minimum absolute atomic E-state index is 0.384. The summed E-state index contributed by atoms with van der Waals surface area (Å²) in [5.74, 6) is 3.75. The average Bonchev–Trinajstić information content (AvgIpc) is 2.64. The molecule has 4 rings (SSSR count). The number of hydrogen-bond acceptors (Lipinski definition) is 4. The Morgan fingerprint density at radius 3 is 2.64 bits per heavy atom. The molecule has 0 radical (unpaired) electrons. The molecule has 1 aromatic rings. The molecule has 0 aromatic heterocycles. The third kappa shape index (κ3) is 2.63. The molecule has 0 N–H and O–H groups in total. The van der Waals surface area contributed by atoms with Gasteiger partial charge in [-0.15, -0.1) is 0 Å². The molecule has 2 heterocycles. The molecule has 134 valence electrons. The molecule has 4 heteroatoms. The van der Waals surface area contributed by atoms with Crippen LogP contribution in [-0.2, 0) is 15.9 Å². The number of allylic oxidation sites excluding steroid dienone is 2. The molecule has 4 nitrogen and oxygen atoms in total. The Balaban J connectivity index is 1.67. The highest BCUT2D eigenvalue weighted by atomic mass is 16.5. The molecule has 0 spiro atoms. The Labute approximate surface area is 150 Å². The van der Waals surface area contributed by atoms with Crippen LogP contribution in [0.4, 0.5) is 0 Å². The normalized spacial score (nSPS) is 28.1. The Bertz CT molecular complexity index is 737. The van der Waals surface area contributed by atoms with Gasteiger partial charge in [-0.1, -0.05) is 12.1 Å². The first-order valence-electron chi connectivity index (χ1n) is 9.08. The number of piperidine rings is 1. The Kier molecular flexibility index (Phi) is 4.24. The molecule has 0 saturated carbocycles. The van der Waals surface area contributed by atoms with Crippen molar-refractivity contribution in [2.24, 2.45) is 11.8 Å². The second kappa shape index (κ2) is 6.41. The van der Waals surface area contributed by atoms with Crippen molar-refractivity contribution < 1.29 is 14.2 Å². The summed E-state index contributed by atoms with van der Waals surface area (Å²) in [6.07, 6.45) is 6.61. The molecular weight excluding hydrogens is 314 g/mol. The lowest BCUT2D eigenvalue weighted by atomic mass is 9.74. The van der Waals surface area contributed by atoms with Gasteiger partial charge in [0.25, 0.3) is 0 Å². The van der Waals surface area contributed by atoms with Gasteiger partial charge >= 0.3 is 0 Å². The first kappa shape index (κ1) is 16.5. The molecule has 3 atom stereocenters. The fourth-order valence-corrected chi connectivity index (χ4v) is 4.82. The molecule has 1 aliphatic carbocycles. The number of fused-ring (bicyclic) bond motifs is 4. The number of ether oxygens (including phenoxy) is 3. The molecule has 1 aromatic carbocycles. The van der Waals surface area contributed by atoms with Gasteiger partial charge in [0.2, 0.25) is 0 Å². The van der Waals surface area contributed by atoms with Crippen LogP contribution in [-0.4, -0.2) is 39.3 Å². The van der Waals surface area contributed by atoms with Gasteiger partial charge in [0.15, 0.2) is 5.76 Å². The standard InChI is InChI=1S/C21H27NO3/c1-13-9-15-7-8-22-12-17-14(5-6-19(23-2)21(17)25-4)10-18(22)16(15)11-20(13)24-3/h5-6,9,11,14,17-18H,7-8,10,12H2,1-4H3/t14?,17?,18-/m1/s1. The predicted molar refractivity (Wildman–Crippen MR) is 97.5 cm³/mol. The van der Waals surface area contributed by atoms with E-state index in [4.69, 9.17) is 14.2 Å². The molecule has 2 unspecified atom stereocenters. The zero-order valence-electron chi connectivity index (χ0n) is 15.5. The van der Waals surface area contributed by atoms with E-state index in [1.807, 2.05) is 0 Å². The SMILES string of the molecule is COC1=C(OC)C2CN3CCc4cc(C)c(OC)cc4[C@H]3CC2C=C1. The van der Waals surface area contributed by atoms with E-state index >= 15 is 0 Å². The van der Waals surface area contributed by atoms with Crippen LogP contribution < -0.4 is 4.74 Å². The van der Waals surface area contributed by atoms with Gasteiger partial charge < -0.3 is 14.2 Å². The summed E-state index contributed by atoms with van der Waals surface area (Å²) in [4.78, 5) is 2.61. The second-order valence-electron chi connectivity index (χ2n) is 7.28. The third-order valence-electron chi connectivity index (χ3n) is 6.08. The molecule has 0 amide bonds. The second-order valence-corrected chi connectivity index (χ2v) is 7.28. The monoisotopic (exact) mass is 341 g/mol. The van der Waals surface area contributed by atoms with E-state index in [0.29, 0.717) is 17.9 Å². The summed E-state index contributed by atoms with van der Waals surface area (Å²) in [6.45, 7) is 4.26. The van der Waals surface area contributed by atoms with Crippen LogP contribution in [0.1, 0.15) is 29.2 Å². The van der Waals surface area contributed by atoms with Crippen LogP contribution in [0.3, 0.4) is 0 Å². The van der Waals surface area contributed by atoms with Crippen LogP contribution >= 0.6 is 0 Å². The van der Waals surface area contributed by atoms with Crippen LogP contribution in [0.25, 0.3) is 0 Å². The van der Waals surface area contributed by atoms with Gasteiger partial charge in [0.1, 0.15) is 11.5 Å². The maximum absolute atomic E-state index is 5.72. The Morgan fingerprint density at radius 2 is 1.92 bits per heavy atom. The fourth-order valence-electron chi connectivity index (χ4n) is 4.82. The third-order valence-corrected chi connectivity index (χ3v) is 6.08. The number of methoxy groups -OCH3 is 3. The number of nitrogens with zero attached hydrogens (tertiary/aromatic N) is 1. The van der Waals surface area contributed by atoms with Gasteiger partial charge in [-0.2, -0.15) is 0 Å². The number of rotatable bonds is 3. The van der Waals surface area contributed by atoms with Crippen molar-refractivity contribution in [1.29, 1.82) is 0 Å². The minimum atomic E-state index is 0.384. The van der Waals surface area contributed by atoms with E-state index in [-0.39, 0.29) is 0 Å². The number of aryl methyl sites for hydroxylation is 1. The van der Waals surface area contributed by atoms with E-state index in [0.717, 1.165) is 43.2 Å². The van der Waals surface area contributed by atoms with Gasteiger partial charge in [-0.3, -0.25) is 4.90 Å².